The van der Waals surface area contributed by atoms with E-state index in [4.69, 9.17) is 4.74 Å². The molecule has 1 unspecified atom stereocenters. The summed E-state index contributed by atoms with van der Waals surface area (Å²) >= 11 is 0. The van der Waals surface area contributed by atoms with Crippen molar-refractivity contribution in [2.45, 2.75) is 52.3 Å². The second-order valence-electron chi connectivity index (χ2n) is 13.5. The second kappa shape index (κ2) is 12.1. The molecule has 7 rings (SSSR count). The summed E-state index contributed by atoms with van der Waals surface area (Å²) in [5.74, 6) is 0.861. The highest BCUT2D eigenvalue weighted by Gasteiger charge is 2.32. The lowest BCUT2D eigenvalue weighted by Crippen LogP contribution is -2.48. The fraction of sp³-hybridized carbons (Fsp3) is 0.371. The Balaban J connectivity index is 1.16. The van der Waals surface area contributed by atoms with Crippen LogP contribution in [-0.2, 0) is 31.2 Å². The Bertz CT molecular complexity index is 2070. The molecule has 1 saturated heterocycles. The van der Waals surface area contributed by atoms with Crippen LogP contribution in [0.25, 0.3) is 22.5 Å². The first-order valence-corrected chi connectivity index (χ1v) is 16.0. The standard InChI is InChI=1S/C35H40N8O4/c1-21(15-37-25-19-47-20-25)39-24-5-6-31(38-16-24)40-28-11-23(17-41(4)33(28)45)26-7-8-36-32(27(26)18-44)43-10-9-42-29(34(43)46)12-22-13-35(2,3)14-30(22)42/h5-12,16-17,21,25,37,39,44H,13-15,18-20H2,1-4H3,(H,38,40). The van der Waals surface area contributed by atoms with E-state index >= 15 is 0 Å². The largest absolute Gasteiger partial charge is 0.392 e. The van der Waals surface area contributed by atoms with Gasteiger partial charge in [0.05, 0.1) is 37.7 Å². The number of aromatic nitrogens is 5. The summed E-state index contributed by atoms with van der Waals surface area (Å²) in [6, 6.07) is 9.85. The molecule has 6 heterocycles. The summed E-state index contributed by atoms with van der Waals surface area (Å²) in [4.78, 5) is 36.0. The SMILES string of the molecule is CC(CNC1COC1)Nc1ccc(Nc2cc(-c3ccnc(-n4ccn5c6c(cc5c4=O)CC(C)(C)C6)c3CO)cn(C)c2=O)nc1. The van der Waals surface area contributed by atoms with Crippen LogP contribution in [0.5, 0.6) is 0 Å². The molecule has 0 bridgehead atoms. The molecule has 0 spiro atoms. The quantitative estimate of drug-likeness (QED) is 0.182. The number of hydrogen-bond acceptors (Lipinski definition) is 9. The van der Waals surface area contributed by atoms with Gasteiger partial charge in [-0.3, -0.25) is 14.2 Å². The van der Waals surface area contributed by atoms with Crippen molar-refractivity contribution in [3.05, 3.63) is 98.8 Å². The van der Waals surface area contributed by atoms with Gasteiger partial charge in [-0.2, -0.15) is 0 Å². The van der Waals surface area contributed by atoms with Crippen LogP contribution in [0, 0.1) is 5.41 Å². The highest BCUT2D eigenvalue weighted by atomic mass is 16.5. The Morgan fingerprint density at radius 3 is 2.64 bits per heavy atom. The number of fused-ring (bicyclic) bond motifs is 3. The monoisotopic (exact) mass is 636 g/mol. The summed E-state index contributed by atoms with van der Waals surface area (Å²) in [5.41, 5.74) is 5.69. The van der Waals surface area contributed by atoms with Crippen molar-refractivity contribution in [3.63, 3.8) is 0 Å². The molecule has 4 N–H and O–H groups in total. The zero-order chi connectivity index (χ0) is 32.9. The molecular weight excluding hydrogens is 596 g/mol. The van der Waals surface area contributed by atoms with Gasteiger partial charge in [-0.05, 0) is 66.6 Å². The molecule has 0 saturated carbocycles. The van der Waals surface area contributed by atoms with Gasteiger partial charge in [-0.25, -0.2) is 9.97 Å². The number of aliphatic hydroxyl groups is 1. The molecule has 47 heavy (non-hydrogen) atoms. The minimum atomic E-state index is -0.355. The third-order valence-electron chi connectivity index (χ3n) is 9.05. The summed E-state index contributed by atoms with van der Waals surface area (Å²) in [6.07, 6.45) is 10.5. The van der Waals surface area contributed by atoms with Crippen LogP contribution >= 0.6 is 0 Å². The van der Waals surface area contributed by atoms with Gasteiger partial charge in [0.1, 0.15) is 22.8 Å². The number of pyridine rings is 3. The number of nitrogens with zero attached hydrogens (tertiary/aromatic N) is 5. The normalized spacial score (nSPS) is 16.2. The number of ether oxygens (including phenoxy) is 1. The zero-order valence-corrected chi connectivity index (χ0v) is 27.1. The molecule has 0 radical (unpaired) electrons. The van der Waals surface area contributed by atoms with Crippen molar-refractivity contribution in [3.8, 4) is 16.9 Å². The van der Waals surface area contributed by atoms with Gasteiger partial charge in [0.2, 0.25) is 0 Å². The first kappa shape index (κ1) is 30.9. The predicted octanol–water partition coefficient (Wildman–Crippen LogP) is 3.40. The average Bonchev–Trinajstić information content (AvgIpc) is 3.51. The van der Waals surface area contributed by atoms with Gasteiger partial charge < -0.3 is 34.8 Å². The predicted molar refractivity (Wildman–Crippen MR) is 182 cm³/mol. The van der Waals surface area contributed by atoms with Gasteiger partial charge in [0.15, 0.2) is 0 Å². The van der Waals surface area contributed by atoms with E-state index in [1.165, 1.54) is 20.4 Å². The third kappa shape index (κ3) is 5.95. The van der Waals surface area contributed by atoms with Gasteiger partial charge in [0.25, 0.3) is 11.1 Å². The molecule has 5 aromatic heterocycles. The highest BCUT2D eigenvalue weighted by molar-refractivity contribution is 5.73. The number of aliphatic hydroxyl groups excluding tert-OH is 1. The molecule has 12 heteroatoms. The van der Waals surface area contributed by atoms with Gasteiger partial charge >= 0.3 is 0 Å². The molecule has 2 aliphatic rings. The first-order valence-electron chi connectivity index (χ1n) is 16.0. The number of rotatable bonds is 10. The van der Waals surface area contributed by atoms with E-state index in [-0.39, 0.29) is 29.2 Å². The van der Waals surface area contributed by atoms with Crippen LogP contribution in [0.4, 0.5) is 17.2 Å². The number of hydrogen-bond donors (Lipinski definition) is 4. The van der Waals surface area contributed by atoms with Crippen LogP contribution < -0.4 is 27.1 Å². The van der Waals surface area contributed by atoms with Crippen molar-refractivity contribution in [1.29, 1.82) is 0 Å². The van der Waals surface area contributed by atoms with Crippen LogP contribution in [0.3, 0.4) is 0 Å². The van der Waals surface area contributed by atoms with Gasteiger partial charge in [-0.15, -0.1) is 0 Å². The van der Waals surface area contributed by atoms with Gasteiger partial charge in [0, 0.05) is 61.2 Å². The number of anilines is 3. The van der Waals surface area contributed by atoms with E-state index in [0.717, 1.165) is 38.3 Å². The Morgan fingerprint density at radius 2 is 1.91 bits per heavy atom. The second-order valence-corrected chi connectivity index (χ2v) is 13.5. The molecule has 12 nitrogen and oxygen atoms in total. The molecule has 1 aliphatic heterocycles. The maximum Gasteiger partial charge on any atom is 0.280 e. The molecule has 1 atom stereocenters. The molecule has 5 aromatic rings. The number of nitrogens with one attached hydrogen (secondary N) is 3. The van der Waals surface area contributed by atoms with Crippen LogP contribution in [-0.4, -0.2) is 60.5 Å². The van der Waals surface area contributed by atoms with E-state index in [1.54, 1.807) is 44.0 Å². The minimum absolute atomic E-state index is 0.169. The number of aryl methyl sites for hydroxylation is 1. The van der Waals surface area contributed by atoms with Crippen LogP contribution in [0.15, 0.2) is 70.9 Å². The molecule has 1 aliphatic carbocycles. The van der Waals surface area contributed by atoms with Crippen molar-refractivity contribution < 1.29 is 9.84 Å². The van der Waals surface area contributed by atoms with Crippen molar-refractivity contribution >= 4 is 22.7 Å². The lowest BCUT2D eigenvalue weighted by Gasteiger charge is -2.28. The smallest absolute Gasteiger partial charge is 0.280 e. The van der Waals surface area contributed by atoms with Crippen LogP contribution in [0.2, 0.25) is 0 Å². The fourth-order valence-electron chi connectivity index (χ4n) is 6.62. The Hall–Kier alpha value is -4.78. The average molecular weight is 637 g/mol. The Labute approximate surface area is 272 Å². The topological polar surface area (TPSA) is 140 Å². The maximum absolute atomic E-state index is 13.8. The fourth-order valence-corrected chi connectivity index (χ4v) is 6.62. The van der Waals surface area contributed by atoms with E-state index < -0.39 is 0 Å². The summed E-state index contributed by atoms with van der Waals surface area (Å²) in [6.45, 7) is 8.53. The van der Waals surface area contributed by atoms with E-state index in [0.29, 0.717) is 45.6 Å². The minimum Gasteiger partial charge on any atom is -0.392 e. The Kier molecular flexibility index (Phi) is 7.95. The molecule has 244 valence electrons. The lowest BCUT2D eigenvalue weighted by molar-refractivity contribution is -0.00505. The summed E-state index contributed by atoms with van der Waals surface area (Å²) in [5, 5.41) is 20.7. The maximum atomic E-state index is 13.8. The van der Waals surface area contributed by atoms with Crippen molar-refractivity contribution in [2.75, 3.05) is 30.4 Å². The van der Waals surface area contributed by atoms with E-state index in [2.05, 4.69) is 46.7 Å². The zero-order valence-electron chi connectivity index (χ0n) is 27.1. The summed E-state index contributed by atoms with van der Waals surface area (Å²) < 4.78 is 10.2. The van der Waals surface area contributed by atoms with E-state index in [1.807, 2.05) is 28.8 Å². The van der Waals surface area contributed by atoms with Gasteiger partial charge in [-0.1, -0.05) is 13.8 Å². The molecular formula is C35H40N8O4. The molecule has 0 amide bonds. The van der Waals surface area contributed by atoms with Crippen LogP contribution in [0.1, 0.15) is 37.6 Å². The van der Waals surface area contributed by atoms with E-state index in [9.17, 15) is 14.7 Å². The highest BCUT2D eigenvalue weighted by Crippen LogP contribution is 2.37. The molecule has 0 aromatic carbocycles. The first-order chi connectivity index (χ1) is 22.6. The summed E-state index contributed by atoms with van der Waals surface area (Å²) in [7, 11) is 1.68. The van der Waals surface area contributed by atoms with Crippen molar-refractivity contribution in [2.24, 2.45) is 12.5 Å². The molecule has 1 fully saturated rings. The third-order valence-corrected chi connectivity index (χ3v) is 9.05. The van der Waals surface area contributed by atoms with Crippen molar-refractivity contribution in [1.82, 2.24) is 28.8 Å². The lowest BCUT2D eigenvalue weighted by atomic mass is 9.90. The Morgan fingerprint density at radius 1 is 1.09 bits per heavy atom.